The van der Waals surface area contributed by atoms with Crippen molar-refractivity contribution in [3.63, 3.8) is 0 Å². The van der Waals surface area contributed by atoms with Crippen LogP contribution in [-0.2, 0) is 9.59 Å². The SMILES string of the molecule is CCC(=O)CC(CC)C(=O)NCCN(C)C. The molecule has 0 heterocycles. The van der Waals surface area contributed by atoms with Crippen LogP contribution in [0.15, 0.2) is 0 Å². The predicted octanol–water partition coefficient (Wildman–Crippen LogP) is 1.06. The number of carbonyl (C=O) groups is 2. The first-order chi connectivity index (χ1) is 7.51. The summed E-state index contributed by atoms with van der Waals surface area (Å²) in [6.07, 6.45) is 1.61. The van der Waals surface area contributed by atoms with Crippen LogP contribution < -0.4 is 5.32 Å². The van der Waals surface area contributed by atoms with Crippen LogP contribution in [-0.4, -0.2) is 43.8 Å². The molecule has 1 atom stereocenters. The number of nitrogens with zero attached hydrogens (tertiary/aromatic N) is 1. The molecule has 0 aromatic carbocycles. The number of hydrogen-bond acceptors (Lipinski definition) is 3. The van der Waals surface area contributed by atoms with Gasteiger partial charge in [0.1, 0.15) is 5.78 Å². The Morgan fingerprint density at radius 1 is 1.25 bits per heavy atom. The molecule has 1 unspecified atom stereocenters. The van der Waals surface area contributed by atoms with Crippen molar-refractivity contribution < 1.29 is 9.59 Å². The van der Waals surface area contributed by atoms with Gasteiger partial charge in [-0.25, -0.2) is 0 Å². The minimum atomic E-state index is -0.158. The first kappa shape index (κ1) is 15.1. The van der Waals surface area contributed by atoms with Gasteiger partial charge in [0.05, 0.1) is 0 Å². The molecule has 0 aliphatic rings. The standard InChI is InChI=1S/C12H24N2O2/c1-5-10(9-11(15)6-2)12(16)13-7-8-14(3)4/h10H,5-9H2,1-4H3,(H,13,16). The van der Waals surface area contributed by atoms with Crippen LogP contribution in [0.3, 0.4) is 0 Å². The van der Waals surface area contributed by atoms with Gasteiger partial charge in [-0.1, -0.05) is 13.8 Å². The monoisotopic (exact) mass is 228 g/mol. The van der Waals surface area contributed by atoms with E-state index in [0.717, 1.165) is 13.0 Å². The molecule has 1 amide bonds. The van der Waals surface area contributed by atoms with Crippen molar-refractivity contribution in [1.29, 1.82) is 0 Å². The second-order valence-electron chi connectivity index (χ2n) is 4.30. The normalized spacial score (nSPS) is 12.6. The maximum atomic E-state index is 11.7. The highest BCUT2D eigenvalue weighted by Crippen LogP contribution is 2.10. The number of hydrogen-bond donors (Lipinski definition) is 1. The zero-order valence-electron chi connectivity index (χ0n) is 10.9. The molecular formula is C12H24N2O2. The summed E-state index contributed by atoms with van der Waals surface area (Å²) >= 11 is 0. The Labute approximate surface area is 98.4 Å². The van der Waals surface area contributed by atoms with Crippen molar-refractivity contribution in [1.82, 2.24) is 10.2 Å². The summed E-state index contributed by atoms with van der Waals surface area (Å²) in [6.45, 7) is 5.24. The van der Waals surface area contributed by atoms with Crippen LogP contribution in [0.2, 0.25) is 0 Å². The van der Waals surface area contributed by atoms with Gasteiger partial charge in [0.2, 0.25) is 5.91 Å². The van der Waals surface area contributed by atoms with Gasteiger partial charge in [-0.2, -0.15) is 0 Å². The van der Waals surface area contributed by atoms with Crippen LogP contribution >= 0.6 is 0 Å². The van der Waals surface area contributed by atoms with E-state index in [0.29, 0.717) is 19.4 Å². The number of rotatable bonds is 8. The fraction of sp³-hybridized carbons (Fsp3) is 0.833. The van der Waals surface area contributed by atoms with Gasteiger partial charge in [0, 0.05) is 31.8 Å². The van der Waals surface area contributed by atoms with Crippen LogP contribution in [0.5, 0.6) is 0 Å². The molecule has 94 valence electrons. The maximum Gasteiger partial charge on any atom is 0.223 e. The van der Waals surface area contributed by atoms with Crippen molar-refractivity contribution in [3.05, 3.63) is 0 Å². The average molecular weight is 228 g/mol. The highest BCUT2D eigenvalue weighted by atomic mass is 16.2. The first-order valence-electron chi connectivity index (χ1n) is 5.95. The Balaban J connectivity index is 3.96. The van der Waals surface area contributed by atoms with Gasteiger partial charge in [-0.05, 0) is 20.5 Å². The lowest BCUT2D eigenvalue weighted by Gasteiger charge is -2.15. The predicted molar refractivity (Wildman–Crippen MR) is 65.3 cm³/mol. The molecule has 0 radical (unpaired) electrons. The quantitative estimate of drug-likeness (QED) is 0.676. The molecule has 0 aromatic rings. The molecule has 16 heavy (non-hydrogen) atoms. The van der Waals surface area contributed by atoms with Crippen LogP contribution in [0, 0.1) is 5.92 Å². The Hall–Kier alpha value is -0.900. The van der Waals surface area contributed by atoms with E-state index >= 15 is 0 Å². The number of ketones is 1. The molecule has 0 bridgehead atoms. The van der Waals surface area contributed by atoms with E-state index in [1.807, 2.05) is 32.8 Å². The number of carbonyl (C=O) groups excluding carboxylic acids is 2. The van der Waals surface area contributed by atoms with E-state index in [4.69, 9.17) is 0 Å². The van der Waals surface area contributed by atoms with Gasteiger partial charge in [-0.3, -0.25) is 9.59 Å². The molecule has 4 heteroatoms. The van der Waals surface area contributed by atoms with Crippen LogP contribution in [0.25, 0.3) is 0 Å². The molecule has 4 nitrogen and oxygen atoms in total. The molecule has 0 aromatic heterocycles. The fourth-order valence-corrected chi connectivity index (χ4v) is 1.39. The summed E-state index contributed by atoms with van der Waals surface area (Å²) in [5, 5.41) is 2.86. The highest BCUT2D eigenvalue weighted by molar-refractivity contribution is 5.86. The molecule has 0 saturated carbocycles. The lowest BCUT2D eigenvalue weighted by Crippen LogP contribution is -2.36. The number of likely N-dealkylation sites (N-methyl/N-ethyl adjacent to an activating group) is 1. The van der Waals surface area contributed by atoms with Crippen molar-refractivity contribution >= 4 is 11.7 Å². The van der Waals surface area contributed by atoms with E-state index in [1.54, 1.807) is 0 Å². The highest BCUT2D eigenvalue weighted by Gasteiger charge is 2.18. The zero-order chi connectivity index (χ0) is 12.6. The van der Waals surface area contributed by atoms with Crippen LogP contribution in [0.4, 0.5) is 0 Å². The van der Waals surface area contributed by atoms with Gasteiger partial charge < -0.3 is 10.2 Å². The summed E-state index contributed by atoms with van der Waals surface area (Å²) in [6, 6.07) is 0. The van der Waals surface area contributed by atoms with Crippen molar-refractivity contribution in [2.24, 2.45) is 5.92 Å². The fourth-order valence-electron chi connectivity index (χ4n) is 1.39. The van der Waals surface area contributed by atoms with E-state index in [1.165, 1.54) is 0 Å². The first-order valence-corrected chi connectivity index (χ1v) is 5.95. The zero-order valence-corrected chi connectivity index (χ0v) is 10.9. The molecular weight excluding hydrogens is 204 g/mol. The molecule has 1 N–H and O–H groups in total. The van der Waals surface area contributed by atoms with E-state index in [2.05, 4.69) is 5.32 Å². The van der Waals surface area contributed by atoms with Gasteiger partial charge in [0.25, 0.3) is 0 Å². The number of Topliss-reactive ketones (excluding diaryl/α,β-unsaturated/α-hetero) is 1. The van der Waals surface area contributed by atoms with E-state index < -0.39 is 0 Å². The summed E-state index contributed by atoms with van der Waals surface area (Å²) < 4.78 is 0. The molecule has 0 aliphatic carbocycles. The third-order valence-electron chi connectivity index (χ3n) is 2.59. The molecule has 0 saturated heterocycles. The van der Waals surface area contributed by atoms with Gasteiger partial charge >= 0.3 is 0 Å². The summed E-state index contributed by atoms with van der Waals surface area (Å²) in [7, 11) is 3.92. The molecule has 0 spiro atoms. The van der Waals surface area contributed by atoms with Crippen molar-refractivity contribution in [2.75, 3.05) is 27.2 Å². The minimum absolute atomic E-state index is 0.00569. The Kier molecular flexibility index (Phi) is 7.81. The third-order valence-corrected chi connectivity index (χ3v) is 2.59. The lowest BCUT2D eigenvalue weighted by atomic mass is 9.98. The minimum Gasteiger partial charge on any atom is -0.355 e. The topological polar surface area (TPSA) is 49.4 Å². The van der Waals surface area contributed by atoms with E-state index in [-0.39, 0.29) is 17.6 Å². The summed E-state index contributed by atoms with van der Waals surface area (Å²) in [5.41, 5.74) is 0. The smallest absolute Gasteiger partial charge is 0.223 e. The number of nitrogens with one attached hydrogen (secondary N) is 1. The van der Waals surface area contributed by atoms with Crippen molar-refractivity contribution in [2.45, 2.75) is 33.1 Å². The van der Waals surface area contributed by atoms with Crippen molar-refractivity contribution in [3.8, 4) is 0 Å². The van der Waals surface area contributed by atoms with E-state index in [9.17, 15) is 9.59 Å². The van der Waals surface area contributed by atoms with Gasteiger partial charge in [-0.15, -0.1) is 0 Å². The molecule has 0 rings (SSSR count). The van der Waals surface area contributed by atoms with Gasteiger partial charge in [0.15, 0.2) is 0 Å². The Morgan fingerprint density at radius 2 is 1.88 bits per heavy atom. The number of amides is 1. The molecule has 0 aliphatic heterocycles. The summed E-state index contributed by atoms with van der Waals surface area (Å²) in [4.78, 5) is 25.0. The Morgan fingerprint density at radius 3 is 2.31 bits per heavy atom. The second-order valence-corrected chi connectivity index (χ2v) is 4.30. The third kappa shape index (κ3) is 6.56. The summed E-state index contributed by atoms with van der Waals surface area (Å²) in [5.74, 6) is 0.00960. The average Bonchev–Trinajstić information content (AvgIpc) is 2.24. The maximum absolute atomic E-state index is 11.7. The lowest BCUT2D eigenvalue weighted by molar-refractivity contribution is -0.129. The second kappa shape index (κ2) is 8.28. The molecule has 0 fully saturated rings. The largest absolute Gasteiger partial charge is 0.355 e. The van der Waals surface area contributed by atoms with Crippen LogP contribution in [0.1, 0.15) is 33.1 Å². The Bertz CT molecular complexity index is 227.